The number of likely N-dealkylation sites (N-methyl/N-ethyl adjacent to an activating group) is 1. The van der Waals surface area contributed by atoms with Gasteiger partial charge in [-0.25, -0.2) is 4.39 Å². The molecule has 0 saturated heterocycles. The lowest BCUT2D eigenvalue weighted by Gasteiger charge is -2.15. The number of rotatable bonds is 5. The molecule has 0 heterocycles. The first-order valence-electron chi connectivity index (χ1n) is 7.01. The summed E-state index contributed by atoms with van der Waals surface area (Å²) in [5.41, 5.74) is 1.15. The Morgan fingerprint density at radius 3 is 2.74 bits per heavy atom. The summed E-state index contributed by atoms with van der Waals surface area (Å²) in [5.74, 6) is 0.0289. The molecule has 0 atom stereocenters. The van der Waals surface area contributed by atoms with Gasteiger partial charge in [-0.3, -0.25) is 4.79 Å². The Balaban J connectivity index is 2.06. The van der Waals surface area contributed by atoms with Gasteiger partial charge in [-0.05, 0) is 35.9 Å². The van der Waals surface area contributed by atoms with Crippen molar-refractivity contribution in [3.8, 4) is 5.75 Å². The lowest BCUT2D eigenvalue weighted by atomic mass is 10.2. The Hall–Kier alpha value is -2.33. The Morgan fingerprint density at radius 2 is 2.04 bits per heavy atom. The third-order valence-corrected chi connectivity index (χ3v) is 3.65. The van der Waals surface area contributed by atoms with Crippen molar-refractivity contribution in [3.63, 3.8) is 0 Å². The maximum atomic E-state index is 13.7. The first-order chi connectivity index (χ1) is 11.0. The summed E-state index contributed by atoms with van der Waals surface area (Å²) in [6, 6.07) is 11.9. The van der Waals surface area contributed by atoms with Gasteiger partial charge in [-0.1, -0.05) is 29.8 Å². The Bertz CT molecular complexity index is 710. The number of methoxy groups -OCH3 is 1. The van der Waals surface area contributed by atoms with E-state index in [1.165, 1.54) is 29.2 Å². The van der Waals surface area contributed by atoms with Crippen LogP contribution in [0.4, 0.5) is 4.39 Å². The number of hydrogen-bond donors (Lipinski definition) is 0. The molecule has 0 saturated carbocycles. The van der Waals surface area contributed by atoms with E-state index < -0.39 is 5.82 Å². The molecule has 23 heavy (non-hydrogen) atoms. The molecular formula is C18H17ClFNO2. The van der Waals surface area contributed by atoms with E-state index in [1.54, 1.807) is 20.2 Å². The zero-order valence-corrected chi connectivity index (χ0v) is 13.7. The highest BCUT2D eigenvalue weighted by atomic mass is 35.5. The first-order valence-corrected chi connectivity index (χ1v) is 7.39. The highest BCUT2D eigenvalue weighted by molar-refractivity contribution is 6.32. The van der Waals surface area contributed by atoms with Crippen LogP contribution in [0.2, 0.25) is 5.02 Å². The van der Waals surface area contributed by atoms with Gasteiger partial charge < -0.3 is 9.64 Å². The van der Waals surface area contributed by atoms with Gasteiger partial charge in [0.2, 0.25) is 5.91 Å². The van der Waals surface area contributed by atoms with Crippen molar-refractivity contribution >= 4 is 23.6 Å². The van der Waals surface area contributed by atoms with Crippen LogP contribution in [0.25, 0.3) is 6.08 Å². The minimum absolute atomic E-state index is 0.206. The number of carbonyl (C=O) groups excluding carboxylic acids is 1. The summed E-state index contributed by atoms with van der Waals surface area (Å²) in [4.78, 5) is 13.7. The van der Waals surface area contributed by atoms with Crippen LogP contribution in [0.1, 0.15) is 11.1 Å². The Morgan fingerprint density at radius 1 is 1.30 bits per heavy atom. The van der Waals surface area contributed by atoms with Gasteiger partial charge >= 0.3 is 0 Å². The van der Waals surface area contributed by atoms with Crippen molar-refractivity contribution < 1.29 is 13.9 Å². The smallest absolute Gasteiger partial charge is 0.246 e. The van der Waals surface area contributed by atoms with Crippen LogP contribution in [0.15, 0.2) is 48.5 Å². The largest absolute Gasteiger partial charge is 0.497 e. The monoisotopic (exact) mass is 333 g/mol. The summed E-state index contributed by atoms with van der Waals surface area (Å²) in [7, 11) is 3.27. The summed E-state index contributed by atoms with van der Waals surface area (Å²) in [5, 5.41) is 0.268. The van der Waals surface area contributed by atoms with Crippen molar-refractivity contribution in [2.75, 3.05) is 14.2 Å². The van der Waals surface area contributed by atoms with Crippen LogP contribution >= 0.6 is 11.6 Å². The van der Waals surface area contributed by atoms with Crippen molar-refractivity contribution in [1.29, 1.82) is 0 Å². The lowest BCUT2D eigenvalue weighted by molar-refractivity contribution is -0.125. The third kappa shape index (κ3) is 4.57. The molecule has 0 radical (unpaired) electrons. The number of benzene rings is 2. The first kappa shape index (κ1) is 17.0. The number of nitrogens with zero attached hydrogens (tertiary/aromatic N) is 1. The van der Waals surface area contributed by atoms with Crippen LogP contribution in [0.5, 0.6) is 5.75 Å². The molecule has 2 rings (SSSR count). The van der Waals surface area contributed by atoms with E-state index in [0.29, 0.717) is 6.54 Å². The molecule has 0 aromatic heterocycles. The van der Waals surface area contributed by atoms with Crippen LogP contribution in [0.3, 0.4) is 0 Å². The van der Waals surface area contributed by atoms with Crippen molar-refractivity contribution in [1.82, 2.24) is 4.90 Å². The maximum Gasteiger partial charge on any atom is 0.246 e. The lowest BCUT2D eigenvalue weighted by Crippen LogP contribution is -2.24. The van der Waals surface area contributed by atoms with Crippen LogP contribution < -0.4 is 4.74 Å². The molecule has 0 bridgehead atoms. The van der Waals surface area contributed by atoms with Gasteiger partial charge in [0.1, 0.15) is 11.6 Å². The molecule has 0 aliphatic carbocycles. The van der Waals surface area contributed by atoms with E-state index in [2.05, 4.69) is 0 Å². The predicted octanol–water partition coefficient (Wildman–Crippen LogP) is 4.16. The van der Waals surface area contributed by atoms with E-state index in [0.717, 1.165) is 11.3 Å². The average molecular weight is 334 g/mol. The molecule has 3 nitrogen and oxygen atoms in total. The fourth-order valence-corrected chi connectivity index (χ4v) is 2.30. The normalized spacial score (nSPS) is 10.8. The Kier molecular flexibility index (Phi) is 5.77. The quantitative estimate of drug-likeness (QED) is 0.769. The second-order valence-electron chi connectivity index (χ2n) is 5.01. The zero-order chi connectivity index (χ0) is 16.8. The predicted molar refractivity (Wildman–Crippen MR) is 89.9 cm³/mol. The van der Waals surface area contributed by atoms with E-state index in [9.17, 15) is 9.18 Å². The highest BCUT2D eigenvalue weighted by Crippen LogP contribution is 2.20. The van der Waals surface area contributed by atoms with Gasteiger partial charge in [0, 0.05) is 25.2 Å². The second kappa shape index (κ2) is 7.79. The number of hydrogen-bond acceptors (Lipinski definition) is 2. The highest BCUT2D eigenvalue weighted by Gasteiger charge is 2.08. The second-order valence-corrected chi connectivity index (χ2v) is 5.42. The SMILES string of the molecule is COc1cccc(CN(C)C(=O)/C=C/c2c(F)cccc2Cl)c1. The van der Waals surface area contributed by atoms with Gasteiger partial charge in [0.15, 0.2) is 0 Å². The van der Waals surface area contributed by atoms with Gasteiger partial charge in [-0.2, -0.15) is 0 Å². The summed E-state index contributed by atoms with van der Waals surface area (Å²) >= 11 is 5.93. The molecule has 2 aromatic carbocycles. The summed E-state index contributed by atoms with van der Waals surface area (Å²) in [6.45, 7) is 0.422. The summed E-state index contributed by atoms with van der Waals surface area (Å²) in [6.07, 6.45) is 2.70. The molecule has 5 heteroatoms. The average Bonchev–Trinajstić information content (AvgIpc) is 2.54. The molecule has 120 valence electrons. The maximum absolute atomic E-state index is 13.7. The van der Waals surface area contributed by atoms with Crippen LogP contribution in [-0.2, 0) is 11.3 Å². The van der Waals surface area contributed by atoms with Crippen LogP contribution in [0, 0.1) is 5.82 Å². The van der Waals surface area contributed by atoms with E-state index >= 15 is 0 Å². The Labute approximate surface area is 139 Å². The minimum atomic E-state index is -0.461. The molecule has 0 fully saturated rings. The van der Waals surface area contributed by atoms with Crippen molar-refractivity contribution in [3.05, 3.63) is 70.5 Å². The zero-order valence-electron chi connectivity index (χ0n) is 12.9. The standard InChI is InChI=1S/C18H17ClFNO2/c1-21(12-13-5-3-6-14(11-13)23-2)18(22)10-9-15-16(19)7-4-8-17(15)20/h3-11H,12H2,1-2H3/b10-9+. The molecule has 2 aromatic rings. The van der Waals surface area contributed by atoms with Gasteiger partial charge in [0.05, 0.1) is 12.1 Å². The fourth-order valence-electron chi connectivity index (χ4n) is 2.07. The minimum Gasteiger partial charge on any atom is -0.497 e. The topological polar surface area (TPSA) is 29.5 Å². The molecule has 0 spiro atoms. The van der Waals surface area contributed by atoms with Gasteiger partial charge in [0.25, 0.3) is 0 Å². The molecule has 0 aliphatic heterocycles. The molecule has 0 N–H and O–H groups in total. The number of amides is 1. The number of halogens is 2. The fraction of sp³-hybridized carbons (Fsp3) is 0.167. The molecule has 0 unspecified atom stereocenters. The van der Waals surface area contributed by atoms with E-state index in [-0.39, 0.29) is 16.5 Å². The van der Waals surface area contributed by atoms with E-state index in [1.807, 2.05) is 24.3 Å². The number of ether oxygens (including phenoxy) is 1. The summed E-state index contributed by atoms with van der Waals surface area (Å²) < 4.78 is 18.8. The number of carbonyl (C=O) groups is 1. The van der Waals surface area contributed by atoms with Crippen molar-refractivity contribution in [2.45, 2.75) is 6.54 Å². The molecule has 0 aliphatic rings. The van der Waals surface area contributed by atoms with E-state index in [4.69, 9.17) is 16.3 Å². The molecule has 1 amide bonds. The van der Waals surface area contributed by atoms with Crippen LogP contribution in [-0.4, -0.2) is 25.0 Å². The molecular weight excluding hydrogens is 317 g/mol. The van der Waals surface area contributed by atoms with Crippen molar-refractivity contribution in [2.24, 2.45) is 0 Å². The third-order valence-electron chi connectivity index (χ3n) is 3.32. The van der Waals surface area contributed by atoms with Gasteiger partial charge in [-0.15, -0.1) is 0 Å².